The monoisotopic (exact) mass is 288 g/mol. The molecule has 0 spiro atoms. The highest BCUT2D eigenvalue weighted by molar-refractivity contribution is 5.37. The van der Waals surface area contributed by atoms with Gasteiger partial charge in [-0.3, -0.25) is 4.90 Å². The van der Waals surface area contributed by atoms with Gasteiger partial charge in [0.1, 0.15) is 5.75 Å². The highest BCUT2D eigenvalue weighted by Gasteiger charge is 2.33. The van der Waals surface area contributed by atoms with E-state index in [-0.39, 0.29) is 0 Å². The molecule has 1 saturated carbocycles. The molecule has 1 aromatic rings. The minimum atomic E-state index is 0.671. The van der Waals surface area contributed by atoms with Crippen LogP contribution in [0.2, 0.25) is 0 Å². The van der Waals surface area contributed by atoms with Crippen molar-refractivity contribution in [2.75, 3.05) is 26.7 Å². The van der Waals surface area contributed by atoms with E-state index in [0.717, 1.165) is 18.3 Å². The second-order valence-electron chi connectivity index (χ2n) is 6.44. The van der Waals surface area contributed by atoms with Crippen molar-refractivity contribution in [2.24, 2.45) is 0 Å². The molecule has 1 aliphatic heterocycles. The van der Waals surface area contributed by atoms with Crippen LogP contribution in [0.1, 0.15) is 44.1 Å². The number of likely N-dealkylation sites (N-methyl/N-ethyl adjacent to an activating group) is 1. The summed E-state index contributed by atoms with van der Waals surface area (Å²) in [4.78, 5) is 2.61. The Morgan fingerprint density at radius 3 is 2.86 bits per heavy atom. The van der Waals surface area contributed by atoms with Crippen LogP contribution < -0.4 is 10.1 Å². The molecule has 1 N–H and O–H groups in total. The summed E-state index contributed by atoms with van der Waals surface area (Å²) >= 11 is 0. The first kappa shape index (κ1) is 14.9. The average Bonchev–Trinajstić information content (AvgIpc) is 2.93. The largest absolute Gasteiger partial charge is 0.496 e. The number of methoxy groups -OCH3 is 1. The number of hydrogen-bond donors (Lipinski definition) is 1. The van der Waals surface area contributed by atoms with Gasteiger partial charge in [0.05, 0.1) is 7.11 Å². The molecule has 1 unspecified atom stereocenters. The average molecular weight is 288 g/mol. The summed E-state index contributed by atoms with van der Waals surface area (Å²) in [6.45, 7) is 5.93. The highest BCUT2D eigenvalue weighted by Crippen LogP contribution is 2.40. The summed E-state index contributed by atoms with van der Waals surface area (Å²) < 4.78 is 5.48. The van der Waals surface area contributed by atoms with Gasteiger partial charge in [0.2, 0.25) is 0 Å². The summed E-state index contributed by atoms with van der Waals surface area (Å²) in [6, 6.07) is 9.93. The molecule has 1 heterocycles. The standard InChI is InChI=1S/C18H28N2O/c1-3-20-10-6-7-16(20)13-19-15-11-14(12-15)17-8-4-5-9-18(17)21-2/h4-5,8-9,14-16,19H,3,6-7,10-13H2,1-2H3. The van der Waals surface area contributed by atoms with E-state index in [1.54, 1.807) is 7.11 Å². The lowest BCUT2D eigenvalue weighted by Gasteiger charge is -2.38. The Morgan fingerprint density at radius 2 is 2.10 bits per heavy atom. The van der Waals surface area contributed by atoms with Gasteiger partial charge in [0.25, 0.3) is 0 Å². The smallest absolute Gasteiger partial charge is 0.122 e. The van der Waals surface area contributed by atoms with Gasteiger partial charge in [0, 0.05) is 18.6 Å². The third kappa shape index (κ3) is 3.24. The van der Waals surface area contributed by atoms with Crippen molar-refractivity contribution in [2.45, 2.75) is 50.6 Å². The molecule has 116 valence electrons. The maximum absolute atomic E-state index is 5.48. The van der Waals surface area contributed by atoms with Crippen LogP contribution in [-0.2, 0) is 0 Å². The fourth-order valence-electron chi connectivity index (χ4n) is 3.89. The quantitative estimate of drug-likeness (QED) is 0.871. The van der Waals surface area contributed by atoms with Gasteiger partial charge in [-0.2, -0.15) is 0 Å². The maximum atomic E-state index is 5.48. The predicted octanol–water partition coefficient (Wildman–Crippen LogP) is 3.02. The second-order valence-corrected chi connectivity index (χ2v) is 6.44. The van der Waals surface area contributed by atoms with Gasteiger partial charge in [-0.1, -0.05) is 25.1 Å². The van der Waals surface area contributed by atoms with Gasteiger partial charge in [-0.05, 0) is 56.3 Å². The van der Waals surface area contributed by atoms with Crippen molar-refractivity contribution >= 4 is 0 Å². The van der Waals surface area contributed by atoms with Crippen molar-refractivity contribution in [3.63, 3.8) is 0 Å². The van der Waals surface area contributed by atoms with Crippen molar-refractivity contribution in [3.05, 3.63) is 29.8 Å². The Bertz CT molecular complexity index is 456. The molecule has 0 amide bonds. The molecule has 1 aliphatic carbocycles. The summed E-state index contributed by atoms with van der Waals surface area (Å²) in [6.07, 6.45) is 5.23. The lowest BCUT2D eigenvalue weighted by molar-refractivity contribution is 0.224. The van der Waals surface area contributed by atoms with Gasteiger partial charge in [-0.15, -0.1) is 0 Å². The lowest BCUT2D eigenvalue weighted by Crippen LogP contribution is -2.46. The maximum Gasteiger partial charge on any atom is 0.122 e. The number of nitrogens with one attached hydrogen (secondary N) is 1. The van der Waals surface area contributed by atoms with Crippen LogP contribution >= 0.6 is 0 Å². The van der Waals surface area contributed by atoms with Gasteiger partial charge in [0.15, 0.2) is 0 Å². The van der Waals surface area contributed by atoms with Crippen molar-refractivity contribution in [3.8, 4) is 5.75 Å². The third-order valence-electron chi connectivity index (χ3n) is 5.26. The zero-order valence-corrected chi connectivity index (χ0v) is 13.3. The third-order valence-corrected chi connectivity index (χ3v) is 5.26. The molecular formula is C18H28N2O. The molecule has 3 rings (SSSR count). The Hall–Kier alpha value is -1.06. The van der Waals surface area contributed by atoms with E-state index in [9.17, 15) is 0 Å². The van der Waals surface area contributed by atoms with E-state index >= 15 is 0 Å². The van der Waals surface area contributed by atoms with Crippen LogP contribution in [0, 0.1) is 0 Å². The summed E-state index contributed by atoms with van der Waals surface area (Å²) in [5, 5.41) is 3.78. The number of rotatable bonds is 6. The first-order chi connectivity index (χ1) is 10.3. The van der Waals surface area contributed by atoms with Crippen molar-refractivity contribution < 1.29 is 4.74 Å². The number of nitrogens with zero attached hydrogens (tertiary/aromatic N) is 1. The number of hydrogen-bond acceptors (Lipinski definition) is 3. The van der Waals surface area contributed by atoms with Crippen molar-refractivity contribution in [1.82, 2.24) is 10.2 Å². The minimum Gasteiger partial charge on any atom is -0.496 e. The number of benzene rings is 1. The molecular weight excluding hydrogens is 260 g/mol. The first-order valence-corrected chi connectivity index (χ1v) is 8.42. The van der Waals surface area contributed by atoms with Crippen LogP contribution in [0.4, 0.5) is 0 Å². The topological polar surface area (TPSA) is 24.5 Å². The Morgan fingerprint density at radius 1 is 1.29 bits per heavy atom. The van der Waals surface area contributed by atoms with Gasteiger partial charge in [-0.25, -0.2) is 0 Å². The van der Waals surface area contributed by atoms with Crippen LogP contribution in [0.3, 0.4) is 0 Å². The van der Waals surface area contributed by atoms with Crippen molar-refractivity contribution in [1.29, 1.82) is 0 Å². The van der Waals surface area contributed by atoms with E-state index in [1.165, 1.54) is 44.3 Å². The molecule has 3 heteroatoms. The first-order valence-electron chi connectivity index (χ1n) is 8.42. The zero-order valence-electron chi connectivity index (χ0n) is 13.3. The summed E-state index contributed by atoms with van der Waals surface area (Å²) in [7, 11) is 1.77. The molecule has 3 nitrogen and oxygen atoms in total. The SMILES string of the molecule is CCN1CCCC1CNC1CC(c2ccccc2OC)C1. The molecule has 1 aromatic carbocycles. The molecule has 0 aromatic heterocycles. The highest BCUT2D eigenvalue weighted by atomic mass is 16.5. The molecule has 0 bridgehead atoms. The Kier molecular flexibility index (Phi) is 4.81. The van der Waals surface area contributed by atoms with E-state index in [2.05, 4.69) is 41.4 Å². The summed E-state index contributed by atoms with van der Waals surface area (Å²) in [5.41, 5.74) is 1.38. The van der Waals surface area contributed by atoms with Crippen LogP contribution in [-0.4, -0.2) is 43.7 Å². The van der Waals surface area contributed by atoms with Gasteiger partial charge < -0.3 is 10.1 Å². The van der Waals surface area contributed by atoms with Crippen LogP contribution in [0.5, 0.6) is 5.75 Å². The number of para-hydroxylation sites is 1. The molecule has 0 radical (unpaired) electrons. The molecule has 2 aliphatic rings. The fourth-order valence-corrected chi connectivity index (χ4v) is 3.89. The van der Waals surface area contributed by atoms with Crippen LogP contribution in [0.15, 0.2) is 24.3 Å². The molecule has 1 atom stereocenters. The molecule has 21 heavy (non-hydrogen) atoms. The molecule has 1 saturated heterocycles. The van der Waals surface area contributed by atoms with E-state index in [1.807, 2.05) is 0 Å². The predicted molar refractivity (Wildman–Crippen MR) is 87.0 cm³/mol. The number of ether oxygens (including phenoxy) is 1. The second kappa shape index (κ2) is 6.80. The van der Waals surface area contributed by atoms with Gasteiger partial charge >= 0.3 is 0 Å². The zero-order chi connectivity index (χ0) is 14.7. The normalized spacial score (nSPS) is 29.3. The lowest BCUT2D eigenvalue weighted by atomic mass is 9.75. The number of likely N-dealkylation sites (tertiary alicyclic amines) is 1. The fraction of sp³-hybridized carbons (Fsp3) is 0.667. The Labute approximate surface area is 128 Å². The van der Waals surface area contributed by atoms with E-state index in [0.29, 0.717) is 12.0 Å². The van der Waals surface area contributed by atoms with E-state index < -0.39 is 0 Å². The summed E-state index contributed by atoms with van der Waals surface area (Å²) in [5.74, 6) is 1.72. The Balaban J connectivity index is 1.45. The van der Waals surface area contributed by atoms with Crippen LogP contribution in [0.25, 0.3) is 0 Å². The van der Waals surface area contributed by atoms with E-state index in [4.69, 9.17) is 4.74 Å². The molecule has 2 fully saturated rings. The minimum absolute atomic E-state index is 0.671.